The number of hydrogen-bond donors (Lipinski definition) is 1. The molecule has 8 bridgehead atoms. The summed E-state index contributed by atoms with van der Waals surface area (Å²) in [5.41, 5.74) is 17.3. The van der Waals surface area contributed by atoms with E-state index in [1.807, 2.05) is 32.1 Å². The molecule has 3 aromatic heterocycles. The minimum Gasteiger partial charge on any atom is -0.872 e. The van der Waals surface area contributed by atoms with Crippen LogP contribution in [-0.2, 0) is 16.0 Å². The van der Waals surface area contributed by atoms with E-state index < -0.39 is 6.10 Å². The molecule has 0 saturated carbocycles. The second-order valence-corrected chi connectivity index (χ2v) is 17.1. The van der Waals surface area contributed by atoms with Gasteiger partial charge in [-0.2, -0.15) is 0 Å². The summed E-state index contributed by atoms with van der Waals surface area (Å²) in [6.07, 6.45) is 14.8. The Balaban J connectivity index is 0.00000683. The van der Waals surface area contributed by atoms with Gasteiger partial charge in [0.15, 0.2) is 0 Å². The smallest absolute Gasteiger partial charge is 0.872 e. The minimum absolute atomic E-state index is 0. The van der Waals surface area contributed by atoms with Crippen molar-refractivity contribution in [3.63, 3.8) is 0 Å². The Labute approximate surface area is 373 Å². The van der Waals surface area contributed by atoms with Gasteiger partial charge in [-0.15, -0.1) is 27.8 Å². The SMILES string of the molecule is CCCC1=C(C)c2cc3[n-]c(c(C)c4nc(c5c6[n-]c(cc1n2)c(CC)c6C([O-])=C5)[C@@H](CCC(=O)OC/C=C(\C)CC/C=C(\C)CCC=C(C)C)[C@@H]4C)c(C)c3[C@@H](C)O.[Mg+2]. The fourth-order valence-electron chi connectivity index (χ4n) is 9.11. The first-order chi connectivity index (χ1) is 28.1. The zero-order valence-corrected chi connectivity index (χ0v) is 39.3. The van der Waals surface area contributed by atoms with E-state index in [0.29, 0.717) is 29.4 Å². The molecule has 0 aromatic carbocycles. The zero-order chi connectivity index (χ0) is 42.7. The van der Waals surface area contributed by atoms with Gasteiger partial charge < -0.3 is 24.9 Å². The molecule has 1 aliphatic carbocycles. The number of allylic oxidation sites excluding steroid dienone is 7. The average Bonchev–Trinajstić information content (AvgIpc) is 3.95. The van der Waals surface area contributed by atoms with Gasteiger partial charge in [-0.05, 0) is 140 Å². The topological polar surface area (TPSA) is 124 Å². The molecular formula is C51H63MgN4O4-. The first-order valence-corrected chi connectivity index (χ1v) is 21.7. The average molecular weight is 820 g/mol. The van der Waals surface area contributed by atoms with Crippen LogP contribution in [0.3, 0.4) is 0 Å². The van der Waals surface area contributed by atoms with Gasteiger partial charge in [-0.25, -0.2) is 4.98 Å². The number of nitrogens with zero attached hydrogens (tertiary/aromatic N) is 4. The van der Waals surface area contributed by atoms with Crippen molar-refractivity contribution in [3.8, 4) is 0 Å². The number of esters is 1. The second-order valence-electron chi connectivity index (χ2n) is 17.1. The number of aliphatic hydroxyl groups is 1. The number of carbonyl (C=O) groups is 1. The molecule has 9 heteroatoms. The van der Waals surface area contributed by atoms with E-state index in [-0.39, 0.29) is 59.6 Å². The van der Waals surface area contributed by atoms with Crippen molar-refractivity contribution in [1.29, 1.82) is 0 Å². The number of carbonyl (C=O) groups excluding carboxylic acids is 1. The van der Waals surface area contributed by atoms with Crippen LogP contribution in [0.15, 0.2) is 47.1 Å². The van der Waals surface area contributed by atoms with Crippen molar-refractivity contribution in [2.24, 2.45) is 0 Å². The molecule has 60 heavy (non-hydrogen) atoms. The Bertz CT molecular complexity index is 2450. The number of aryl methyl sites for hydroxylation is 3. The minimum atomic E-state index is -0.744. The molecule has 0 unspecified atom stereocenters. The molecule has 3 aromatic rings. The standard InChI is InChI=1S/C51H64N4O4.Mg/c1-12-16-37-31(7)40-26-43-46(35(11)56)33(9)49(54-43)34(10)48-32(8)38(21-22-45(58)59-24-23-30(6)20-15-19-29(5)18-14-17-28(3)4)50(55-48)39-25-44(57)47-36(13-2)41(53-51(39)47)27-42(37)52-40;/h17,19,23,25-27,32,35,38,56H,12-16,18,20-22,24H2,1-11H3,(H-2,52,53,54,55,57);/q-2;+2/p-1/b29-19+,30-23+;/t32-,35+,38-;/m0./s1. The Morgan fingerprint density at radius 3 is 2.23 bits per heavy atom. The number of aromatic nitrogens is 4. The van der Waals surface area contributed by atoms with Crippen molar-refractivity contribution in [3.05, 3.63) is 103 Å². The van der Waals surface area contributed by atoms with Gasteiger partial charge in [-0.3, -0.25) is 9.78 Å². The molecule has 1 N–H and O–H groups in total. The third-order valence-electron chi connectivity index (χ3n) is 12.4. The van der Waals surface area contributed by atoms with Gasteiger partial charge in [0.05, 0.1) is 23.2 Å². The second kappa shape index (κ2) is 20.1. The van der Waals surface area contributed by atoms with Gasteiger partial charge >= 0.3 is 29.0 Å². The van der Waals surface area contributed by atoms with Crippen molar-refractivity contribution in [2.45, 2.75) is 152 Å². The van der Waals surface area contributed by atoms with Gasteiger partial charge in [0, 0.05) is 24.0 Å². The number of aliphatic hydroxyl groups excluding tert-OH is 1. The van der Waals surface area contributed by atoms with E-state index >= 15 is 0 Å². The van der Waals surface area contributed by atoms with E-state index in [4.69, 9.17) is 24.7 Å². The Morgan fingerprint density at radius 1 is 0.900 bits per heavy atom. The maximum atomic E-state index is 13.9. The largest absolute Gasteiger partial charge is 2.00 e. The fraction of sp³-hybridized carbons (Fsp3) is 0.471. The van der Waals surface area contributed by atoms with Crippen LogP contribution in [0.5, 0.6) is 0 Å². The van der Waals surface area contributed by atoms with Crippen molar-refractivity contribution < 1.29 is 19.7 Å². The van der Waals surface area contributed by atoms with Crippen LogP contribution in [0.4, 0.5) is 0 Å². The summed E-state index contributed by atoms with van der Waals surface area (Å²) in [6.45, 7) is 23.1. The molecule has 2 aliphatic heterocycles. The molecule has 3 atom stereocenters. The van der Waals surface area contributed by atoms with E-state index in [1.165, 1.54) is 16.7 Å². The summed E-state index contributed by atoms with van der Waals surface area (Å²) >= 11 is 0. The summed E-state index contributed by atoms with van der Waals surface area (Å²) in [7, 11) is 0. The molecule has 0 spiro atoms. The first kappa shape index (κ1) is 46.9. The van der Waals surface area contributed by atoms with E-state index in [1.54, 1.807) is 13.0 Å². The summed E-state index contributed by atoms with van der Waals surface area (Å²) in [5, 5.41) is 25.0. The van der Waals surface area contributed by atoms with Crippen LogP contribution < -0.4 is 15.1 Å². The monoisotopic (exact) mass is 819 g/mol. The summed E-state index contributed by atoms with van der Waals surface area (Å²) in [4.78, 5) is 34.2. The maximum absolute atomic E-state index is 13.9. The van der Waals surface area contributed by atoms with Crippen LogP contribution in [0.1, 0.15) is 188 Å². The molecular weight excluding hydrogens is 757 g/mol. The molecule has 6 rings (SSSR count). The normalized spacial score (nSPS) is 16.8. The van der Waals surface area contributed by atoms with Crippen LogP contribution in [0.25, 0.3) is 45.0 Å². The predicted molar refractivity (Wildman–Crippen MR) is 246 cm³/mol. The molecule has 0 saturated heterocycles. The van der Waals surface area contributed by atoms with Crippen molar-refractivity contribution in [1.82, 2.24) is 19.9 Å². The summed E-state index contributed by atoms with van der Waals surface area (Å²) < 4.78 is 5.75. The first-order valence-electron chi connectivity index (χ1n) is 21.7. The summed E-state index contributed by atoms with van der Waals surface area (Å²) in [5.74, 6) is -0.570. The van der Waals surface area contributed by atoms with Crippen LogP contribution in [0.2, 0.25) is 0 Å². The van der Waals surface area contributed by atoms with Crippen molar-refractivity contribution >= 4 is 74.1 Å². The van der Waals surface area contributed by atoms with E-state index in [9.17, 15) is 15.0 Å². The molecule has 314 valence electrons. The van der Waals surface area contributed by atoms with Crippen molar-refractivity contribution in [2.75, 3.05) is 6.61 Å². The molecule has 0 amide bonds. The van der Waals surface area contributed by atoms with Gasteiger partial charge in [0.25, 0.3) is 0 Å². The van der Waals surface area contributed by atoms with E-state index in [0.717, 1.165) is 111 Å². The van der Waals surface area contributed by atoms with Crippen LogP contribution in [0, 0.1) is 13.8 Å². The molecule has 8 nitrogen and oxygen atoms in total. The molecule has 0 radical (unpaired) electrons. The fourth-order valence-corrected chi connectivity index (χ4v) is 9.11. The van der Waals surface area contributed by atoms with Gasteiger partial charge in [0.1, 0.15) is 6.61 Å². The molecule has 0 fully saturated rings. The number of ether oxygens (including phenoxy) is 1. The quantitative estimate of drug-likeness (QED) is 0.0913. The van der Waals surface area contributed by atoms with Crippen LogP contribution >= 0.6 is 0 Å². The number of fused-ring (bicyclic) bond motifs is 8. The summed E-state index contributed by atoms with van der Waals surface area (Å²) in [6, 6.07) is 4.04. The Morgan fingerprint density at radius 2 is 1.57 bits per heavy atom. The van der Waals surface area contributed by atoms with E-state index in [2.05, 4.69) is 67.5 Å². The predicted octanol–water partition coefficient (Wildman–Crippen LogP) is 11.0. The maximum Gasteiger partial charge on any atom is 2.00 e. The third-order valence-corrected chi connectivity index (χ3v) is 12.4. The Kier molecular flexibility index (Phi) is 15.7. The van der Waals surface area contributed by atoms with Crippen LogP contribution in [-0.4, -0.2) is 50.7 Å². The van der Waals surface area contributed by atoms with Gasteiger partial charge in [0.2, 0.25) is 0 Å². The van der Waals surface area contributed by atoms with Gasteiger partial charge in [-0.1, -0.05) is 85.4 Å². The Hall–Kier alpha value is -4.18. The molecule has 3 aliphatic rings. The zero-order valence-electron chi connectivity index (χ0n) is 37.9. The molecule has 5 heterocycles. The number of hydrogen-bond acceptors (Lipinski definition) is 6. The third kappa shape index (κ3) is 9.79. The number of rotatable bonds is 15.